The number of piperidine rings is 1. The average molecular weight is 332 g/mol. The van der Waals surface area contributed by atoms with Crippen molar-refractivity contribution in [3.8, 4) is 11.5 Å². The first-order chi connectivity index (χ1) is 11.7. The van der Waals surface area contributed by atoms with Crippen LogP contribution in [0.2, 0.25) is 0 Å². The summed E-state index contributed by atoms with van der Waals surface area (Å²) in [4.78, 5) is 17.0. The Balaban J connectivity index is 1.74. The third-order valence-corrected chi connectivity index (χ3v) is 5.21. The van der Waals surface area contributed by atoms with Gasteiger partial charge in [0.1, 0.15) is 11.5 Å². The molecule has 0 radical (unpaired) electrons. The first-order valence-electron chi connectivity index (χ1n) is 8.96. The normalized spacial score (nSPS) is 21.8. The number of amides is 1. The van der Waals surface area contributed by atoms with Crippen LogP contribution in [-0.2, 0) is 4.79 Å². The van der Waals surface area contributed by atoms with Crippen LogP contribution in [-0.4, -0.2) is 56.1 Å². The molecule has 1 aromatic rings. The van der Waals surface area contributed by atoms with Crippen molar-refractivity contribution in [3.05, 3.63) is 23.8 Å². The summed E-state index contributed by atoms with van der Waals surface area (Å²) in [5.74, 6) is 1.97. The van der Waals surface area contributed by atoms with Crippen LogP contribution in [0, 0.1) is 0 Å². The number of hydrogen-bond acceptors (Lipinski definition) is 4. The highest BCUT2D eigenvalue weighted by Crippen LogP contribution is 2.38. The lowest BCUT2D eigenvalue weighted by Crippen LogP contribution is -2.42. The Morgan fingerprint density at radius 2 is 1.88 bits per heavy atom. The van der Waals surface area contributed by atoms with Crippen molar-refractivity contribution in [1.82, 2.24) is 9.80 Å². The van der Waals surface area contributed by atoms with Gasteiger partial charge in [-0.15, -0.1) is 0 Å². The number of rotatable bonds is 5. The third-order valence-electron chi connectivity index (χ3n) is 5.21. The lowest BCUT2D eigenvalue weighted by Gasteiger charge is -2.31. The summed E-state index contributed by atoms with van der Waals surface area (Å²) >= 11 is 0. The maximum absolute atomic E-state index is 12.6. The Labute approximate surface area is 144 Å². The molecule has 1 aromatic carbocycles. The lowest BCUT2D eigenvalue weighted by molar-refractivity contribution is -0.133. The van der Waals surface area contributed by atoms with Gasteiger partial charge >= 0.3 is 0 Å². The van der Waals surface area contributed by atoms with Gasteiger partial charge in [-0.1, -0.05) is 0 Å². The Morgan fingerprint density at radius 3 is 2.58 bits per heavy atom. The first-order valence-corrected chi connectivity index (χ1v) is 8.96. The van der Waals surface area contributed by atoms with Crippen molar-refractivity contribution >= 4 is 5.91 Å². The van der Waals surface area contributed by atoms with Crippen molar-refractivity contribution in [1.29, 1.82) is 0 Å². The molecule has 0 spiro atoms. The predicted molar refractivity (Wildman–Crippen MR) is 93.5 cm³/mol. The van der Waals surface area contributed by atoms with Crippen LogP contribution in [0.3, 0.4) is 0 Å². The molecule has 5 heteroatoms. The molecule has 2 fully saturated rings. The minimum atomic E-state index is 0.226. The molecule has 2 saturated heterocycles. The lowest BCUT2D eigenvalue weighted by atomic mass is 10.0. The number of ether oxygens (including phenoxy) is 2. The van der Waals surface area contributed by atoms with Gasteiger partial charge in [0.15, 0.2) is 0 Å². The highest BCUT2D eigenvalue weighted by molar-refractivity contribution is 5.78. The van der Waals surface area contributed by atoms with E-state index in [0.29, 0.717) is 6.54 Å². The molecule has 0 aliphatic carbocycles. The molecule has 1 amide bonds. The fourth-order valence-electron chi connectivity index (χ4n) is 3.88. The largest absolute Gasteiger partial charge is 0.497 e. The smallest absolute Gasteiger partial charge is 0.236 e. The fourth-order valence-corrected chi connectivity index (χ4v) is 3.88. The number of benzene rings is 1. The number of carbonyl (C=O) groups is 1. The predicted octanol–water partition coefficient (Wildman–Crippen LogP) is 2.85. The fraction of sp³-hybridized carbons (Fsp3) is 0.632. The second-order valence-electron chi connectivity index (χ2n) is 6.68. The van der Waals surface area contributed by atoms with Crippen molar-refractivity contribution in [3.63, 3.8) is 0 Å². The van der Waals surface area contributed by atoms with Crippen LogP contribution in [0.15, 0.2) is 18.2 Å². The molecular weight excluding hydrogens is 304 g/mol. The van der Waals surface area contributed by atoms with Crippen molar-refractivity contribution in [2.24, 2.45) is 0 Å². The quantitative estimate of drug-likeness (QED) is 0.831. The standard InChI is InChI=1S/C19H28N2O3/c1-23-15-8-9-18(24-2)16(13-15)17-7-6-12-21(17)14-19(22)20-10-4-3-5-11-20/h8-9,13,17H,3-7,10-12,14H2,1-2H3/t17-/m1/s1. The summed E-state index contributed by atoms with van der Waals surface area (Å²) < 4.78 is 10.9. The maximum atomic E-state index is 12.6. The third kappa shape index (κ3) is 3.66. The van der Waals surface area contributed by atoms with Crippen molar-refractivity contribution in [2.75, 3.05) is 40.4 Å². The van der Waals surface area contributed by atoms with E-state index < -0.39 is 0 Å². The summed E-state index contributed by atoms with van der Waals surface area (Å²) in [6, 6.07) is 6.15. The van der Waals surface area contributed by atoms with Crippen LogP contribution in [0.1, 0.15) is 43.7 Å². The Hall–Kier alpha value is -1.75. The van der Waals surface area contributed by atoms with Gasteiger partial charge in [-0.05, 0) is 56.8 Å². The molecule has 1 atom stereocenters. The van der Waals surface area contributed by atoms with Crippen molar-refractivity contribution < 1.29 is 14.3 Å². The van der Waals surface area contributed by atoms with Gasteiger partial charge in [-0.3, -0.25) is 9.69 Å². The molecule has 0 unspecified atom stereocenters. The summed E-state index contributed by atoms with van der Waals surface area (Å²) in [5.41, 5.74) is 1.13. The second-order valence-corrected chi connectivity index (χ2v) is 6.68. The van der Waals surface area contributed by atoms with Gasteiger partial charge in [-0.25, -0.2) is 0 Å². The van der Waals surface area contributed by atoms with E-state index in [0.717, 1.165) is 62.4 Å². The Morgan fingerprint density at radius 1 is 1.08 bits per heavy atom. The molecule has 5 nitrogen and oxygen atoms in total. The van der Waals surface area contributed by atoms with Crippen LogP contribution < -0.4 is 9.47 Å². The van der Waals surface area contributed by atoms with E-state index in [1.807, 2.05) is 23.1 Å². The molecule has 0 saturated carbocycles. The van der Waals surface area contributed by atoms with E-state index in [4.69, 9.17) is 9.47 Å². The van der Waals surface area contributed by atoms with E-state index in [9.17, 15) is 4.79 Å². The van der Waals surface area contributed by atoms with Crippen LogP contribution in [0.4, 0.5) is 0 Å². The number of likely N-dealkylation sites (tertiary alicyclic amines) is 2. The summed E-state index contributed by atoms with van der Waals surface area (Å²) in [6.45, 7) is 3.30. The molecule has 0 N–H and O–H groups in total. The minimum absolute atomic E-state index is 0.226. The zero-order chi connectivity index (χ0) is 16.9. The molecule has 0 bridgehead atoms. The summed E-state index contributed by atoms with van der Waals surface area (Å²) in [7, 11) is 3.38. The van der Waals surface area contributed by atoms with E-state index in [1.54, 1.807) is 14.2 Å². The van der Waals surface area contributed by atoms with Gasteiger partial charge in [0, 0.05) is 24.7 Å². The van der Waals surface area contributed by atoms with Gasteiger partial charge in [0.2, 0.25) is 5.91 Å². The maximum Gasteiger partial charge on any atom is 0.236 e. The number of nitrogens with zero attached hydrogens (tertiary/aromatic N) is 2. The number of carbonyl (C=O) groups excluding carboxylic acids is 1. The van der Waals surface area contributed by atoms with Gasteiger partial charge in [-0.2, -0.15) is 0 Å². The SMILES string of the molecule is COc1ccc(OC)c([C@H]2CCCN2CC(=O)N2CCCCC2)c1. The van der Waals surface area contributed by atoms with E-state index in [2.05, 4.69) is 4.90 Å². The molecule has 2 heterocycles. The highest BCUT2D eigenvalue weighted by atomic mass is 16.5. The highest BCUT2D eigenvalue weighted by Gasteiger charge is 2.31. The Bertz CT molecular complexity index is 570. The molecule has 0 aromatic heterocycles. The molecular formula is C19H28N2O3. The average Bonchev–Trinajstić information content (AvgIpc) is 3.09. The van der Waals surface area contributed by atoms with Crippen LogP contribution in [0.25, 0.3) is 0 Å². The molecule has 2 aliphatic rings. The first kappa shape index (κ1) is 17.1. The van der Waals surface area contributed by atoms with Crippen LogP contribution >= 0.6 is 0 Å². The molecule has 3 rings (SSSR count). The second kappa shape index (κ2) is 7.88. The number of methoxy groups -OCH3 is 2. The zero-order valence-corrected chi connectivity index (χ0v) is 14.8. The van der Waals surface area contributed by atoms with Gasteiger partial charge in [0.05, 0.1) is 20.8 Å². The monoisotopic (exact) mass is 332 g/mol. The summed E-state index contributed by atoms with van der Waals surface area (Å²) in [5, 5.41) is 0. The molecule has 2 aliphatic heterocycles. The molecule has 24 heavy (non-hydrogen) atoms. The van der Waals surface area contributed by atoms with E-state index in [1.165, 1.54) is 6.42 Å². The van der Waals surface area contributed by atoms with Crippen LogP contribution in [0.5, 0.6) is 11.5 Å². The topological polar surface area (TPSA) is 42.0 Å². The van der Waals surface area contributed by atoms with Gasteiger partial charge < -0.3 is 14.4 Å². The van der Waals surface area contributed by atoms with Crippen molar-refractivity contribution in [2.45, 2.75) is 38.1 Å². The molecule has 132 valence electrons. The number of hydrogen-bond donors (Lipinski definition) is 0. The van der Waals surface area contributed by atoms with E-state index in [-0.39, 0.29) is 11.9 Å². The summed E-state index contributed by atoms with van der Waals surface area (Å²) in [6.07, 6.45) is 5.68. The zero-order valence-electron chi connectivity index (χ0n) is 14.8. The Kier molecular flexibility index (Phi) is 5.61. The van der Waals surface area contributed by atoms with Gasteiger partial charge in [0.25, 0.3) is 0 Å². The minimum Gasteiger partial charge on any atom is -0.497 e. The van der Waals surface area contributed by atoms with E-state index >= 15 is 0 Å².